The summed E-state index contributed by atoms with van der Waals surface area (Å²) in [5.41, 5.74) is 0.537. The smallest absolute Gasteiger partial charge is 0.177 e. The summed E-state index contributed by atoms with van der Waals surface area (Å²) >= 11 is 5.91. The van der Waals surface area contributed by atoms with Crippen molar-refractivity contribution in [2.45, 2.75) is 6.92 Å². The minimum atomic E-state index is -0.406. The number of hydrogen-bond donors (Lipinski definition) is 1. The molecular formula is C10H7ClFNO. The number of aromatic amines is 1. The molecule has 0 aliphatic carbocycles. The highest BCUT2D eigenvalue weighted by Gasteiger charge is 2.14. The second-order valence-corrected chi connectivity index (χ2v) is 3.41. The van der Waals surface area contributed by atoms with Crippen LogP contribution in [-0.4, -0.2) is 10.8 Å². The first-order valence-corrected chi connectivity index (χ1v) is 4.45. The number of H-pyrrole nitrogens is 1. The highest BCUT2D eigenvalue weighted by molar-refractivity contribution is 6.38. The average molecular weight is 212 g/mol. The Morgan fingerprint density at radius 3 is 2.79 bits per heavy atom. The maximum atomic E-state index is 13.2. The Labute approximate surface area is 84.7 Å². The van der Waals surface area contributed by atoms with E-state index in [0.717, 1.165) is 0 Å². The number of nitrogens with one attached hydrogen (secondary N) is 1. The number of ketones is 1. The lowest BCUT2D eigenvalue weighted by Crippen LogP contribution is -1.91. The molecule has 4 heteroatoms. The van der Waals surface area contributed by atoms with Crippen molar-refractivity contribution in [1.29, 1.82) is 0 Å². The Balaban J connectivity index is 2.86. The molecule has 2 nitrogen and oxygen atoms in total. The Kier molecular flexibility index (Phi) is 2.04. The van der Waals surface area contributed by atoms with Crippen molar-refractivity contribution >= 4 is 28.3 Å². The summed E-state index contributed by atoms with van der Waals surface area (Å²) in [6.45, 7) is 1.38. The number of benzene rings is 1. The molecule has 0 spiro atoms. The molecule has 0 radical (unpaired) electrons. The fraction of sp³-hybridized carbons (Fsp3) is 0.100. The second-order valence-electron chi connectivity index (χ2n) is 3.03. The number of carbonyl (C=O) groups excluding carboxylic acids is 1. The van der Waals surface area contributed by atoms with Crippen LogP contribution in [0.15, 0.2) is 18.2 Å². The van der Waals surface area contributed by atoms with E-state index in [0.29, 0.717) is 5.39 Å². The van der Waals surface area contributed by atoms with Crippen LogP contribution in [0.25, 0.3) is 10.9 Å². The van der Waals surface area contributed by atoms with Gasteiger partial charge in [0.2, 0.25) is 0 Å². The summed E-state index contributed by atoms with van der Waals surface area (Å²) < 4.78 is 13.2. The number of para-hydroxylation sites is 1. The molecule has 0 aliphatic rings. The maximum Gasteiger partial charge on any atom is 0.177 e. The van der Waals surface area contributed by atoms with Gasteiger partial charge in [0.05, 0.1) is 10.5 Å². The first-order valence-electron chi connectivity index (χ1n) is 4.08. The lowest BCUT2D eigenvalue weighted by atomic mass is 10.2. The van der Waals surface area contributed by atoms with Crippen molar-refractivity contribution in [3.63, 3.8) is 0 Å². The minimum absolute atomic E-state index is 0.203. The lowest BCUT2D eigenvalue weighted by Gasteiger charge is -1.90. The Bertz CT molecular complexity index is 518. The molecule has 2 rings (SSSR count). The van der Waals surface area contributed by atoms with Crippen LogP contribution in [0.2, 0.25) is 5.02 Å². The van der Waals surface area contributed by atoms with Crippen molar-refractivity contribution < 1.29 is 9.18 Å². The first kappa shape index (κ1) is 9.21. The molecule has 0 aliphatic heterocycles. The summed E-state index contributed by atoms with van der Waals surface area (Å²) in [7, 11) is 0. The van der Waals surface area contributed by atoms with E-state index in [4.69, 9.17) is 11.6 Å². The van der Waals surface area contributed by atoms with Gasteiger partial charge in [0.1, 0.15) is 11.5 Å². The number of halogens is 2. The fourth-order valence-electron chi connectivity index (χ4n) is 1.39. The Morgan fingerprint density at radius 2 is 2.21 bits per heavy atom. The van der Waals surface area contributed by atoms with Crippen molar-refractivity contribution in [1.82, 2.24) is 4.98 Å². The molecule has 1 aromatic carbocycles. The Hall–Kier alpha value is -1.35. The van der Waals surface area contributed by atoms with Crippen LogP contribution < -0.4 is 0 Å². The summed E-state index contributed by atoms with van der Waals surface area (Å²) in [6, 6.07) is 4.55. The molecule has 0 saturated heterocycles. The van der Waals surface area contributed by atoms with E-state index in [1.165, 1.54) is 13.0 Å². The lowest BCUT2D eigenvalue weighted by molar-refractivity contribution is 0.101. The fourth-order valence-corrected chi connectivity index (χ4v) is 1.73. The van der Waals surface area contributed by atoms with Crippen LogP contribution in [0, 0.1) is 5.82 Å². The molecule has 0 fully saturated rings. The van der Waals surface area contributed by atoms with Crippen LogP contribution in [0.3, 0.4) is 0 Å². The molecule has 0 unspecified atom stereocenters. The van der Waals surface area contributed by atoms with E-state index in [1.807, 2.05) is 0 Å². The maximum absolute atomic E-state index is 13.2. The standard InChI is InChI=1S/C10H7ClFNO/c1-5(14)9-8(11)6-3-2-4-7(12)10(6)13-9/h2-4,13H,1H3. The van der Waals surface area contributed by atoms with Gasteiger partial charge in [0, 0.05) is 12.3 Å². The molecule has 1 heterocycles. The molecule has 1 N–H and O–H groups in total. The molecule has 0 saturated carbocycles. The molecule has 0 amide bonds. The minimum Gasteiger partial charge on any atom is -0.348 e. The van der Waals surface area contributed by atoms with Gasteiger partial charge in [-0.05, 0) is 6.07 Å². The van der Waals surface area contributed by atoms with Crippen molar-refractivity contribution in [3.8, 4) is 0 Å². The quantitative estimate of drug-likeness (QED) is 0.722. The molecule has 1 aromatic heterocycles. The Morgan fingerprint density at radius 1 is 1.50 bits per heavy atom. The van der Waals surface area contributed by atoms with Gasteiger partial charge in [-0.2, -0.15) is 0 Å². The molecule has 2 aromatic rings. The molecule has 0 bridgehead atoms. The van der Waals surface area contributed by atoms with Crippen LogP contribution >= 0.6 is 11.6 Å². The first-order chi connectivity index (χ1) is 6.61. The van der Waals surface area contributed by atoms with Crippen molar-refractivity contribution in [2.24, 2.45) is 0 Å². The van der Waals surface area contributed by atoms with Crippen molar-refractivity contribution in [2.75, 3.05) is 0 Å². The molecule has 14 heavy (non-hydrogen) atoms. The number of fused-ring (bicyclic) bond motifs is 1. The largest absolute Gasteiger partial charge is 0.348 e. The van der Waals surface area contributed by atoms with Crippen molar-refractivity contribution in [3.05, 3.63) is 34.7 Å². The van der Waals surface area contributed by atoms with Gasteiger partial charge in [-0.1, -0.05) is 23.7 Å². The average Bonchev–Trinajstić information content (AvgIpc) is 2.46. The molecule has 0 atom stereocenters. The number of carbonyl (C=O) groups is 1. The third-order valence-corrected chi connectivity index (χ3v) is 2.46. The SMILES string of the molecule is CC(=O)c1[nH]c2c(F)cccc2c1Cl. The number of Topliss-reactive ketones (excluding diaryl/α,β-unsaturated/α-hetero) is 1. The summed E-state index contributed by atoms with van der Waals surface area (Å²) in [6.07, 6.45) is 0. The predicted molar refractivity (Wildman–Crippen MR) is 53.3 cm³/mol. The summed E-state index contributed by atoms with van der Waals surface area (Å²) in [4.78, 5) is 13.8. The summed E-state index contributed by atoms with van der Waals surface area (Å²) in [5.74, 6) is -0.609. The van der Waals surface area contributed by atoms with E-state index < -0.39 is 5.82 Å². The van der Waals surface area contributed by atoms with Crippen LogP contribution in [0.5, 0.6) is 0 Å². The van der Waals surface area contributed by atoms with Crippen LogP contribution in [0.1, 0.15) is 17.4 Å². The predicted octanol–water partition coefficient (Wildman–Crippen LogP) is 3.16. The van der Waals surface area contributed by atoms with E-state index in [1.54, 1.807) is 12.1 Å². The van der Waals surface area contributed by atoms with Gasteiger partial charge in [-0.15, -0.1) is 0 Å². The van der Waals surface area contributed by atoms with Gasteiger partial charge < -0.3 is 4.98 Å². The third kappa shape index (κ3) is 1.21. The van der Waals surface area contributed by atoms with E-state index >= 15 is 0 Å². The zero-order valence-corrected chi connectivity index (χ0v) is 8.15. The highest BCUT2D eigenvalue weighted by atomic mass is 35.5. The van der Waals surface area contributed by atoms with Gasteiger partial charge in [0.25, 0.3) is 0 Å². The number of rotatable bonds is 1. The number of hydrogen-bond acceptors (Lipinski definition) is 1. The second kappa shape index (κ2) is 3.10. The van der Waals surface area contributed by atoms with Gasteiger partial charge in [-0.3, -0.25) is 4.79 Å². The van der Waals surface area contributed by atoms with Gasteiger partial charge in [0.15, 0.2) is 5.78 Å². The zero-order valence-electron chi connectivity index (χ0n) is 7.40. The normalized spacial score (nSPS) is 10.8. The summed E-state index contributed by atoms with van der Waals surface area (Å²) in [5, 5.41) is 0.823. The monoisotopic (exact) mass is 211 g/mol. The van der Waals surface area contributed by atoms with Crippen LogP contribution in [0.4, 0.5) is 4.39 Å². The van der Waals surface area contributed by atoms with E-state index in [9.17, 15) is 9.18 Å². The van der Waals surface area contributed by atoms with E-state index in [2.05, 4.69) is 4.98 Å². The van der Waals surface area contributed by atoms with Gasteiger partial charge >= 0.3 is 0 Å². The molecule has 72 valence electrons. The molecular weight excluding hydrogens is 205 g/mol. The number of aromatic nitrogens is 1. The third-order valence-electron chi connectivity index (χ3n) is 2.07. The topological polar surface area (TPSA) is 32.9 Å². The van der Waals surface area contributed by atoms with Gasteiger partial charge in [-0.25, -0.2) is 4.39 Å². The van der Waals surface area contributed by atoms with Crippen LogP contribution in [-0.2, 0) is 0 Å². The highest BCUT2D eigenvalue weighted by Crippen LogP contribution is 2.28. The zero-order chi connectivity index (χ0) is 10.3. The van der Waals surface area contributed by atoms with E-state index in [-0.39, 0.29) is 22.0 Å².